The number of aliphatic hydroxyl groups is 1. The highest BCUT2D eigenvalue weighted by molar-refractivity contribution is 4.80. The summed E-state index contributed by atoms with van der Waals surface area (Å²) >= 11 is 0. The van der Waals surface area contributed by atoms with E-state index in [2.05, 4.69) is 6.92 Å². The number of hydrogen-bond acceptors (Lipinski definition) is 3. The Morgan fingerprint density at radius 3 is 2.62 bits per heavy atom. The van der Waals surface area contributed by atoms with Crippen LogP contribution in [0.4, 0.5) is 0 Å². The molecule has 0 aromatic carbocycles. The van der Waals surface area contributed by atoms with Crippen LogP contribution in [0, 0.1) is 5.92 Å². The lowest BCUT2D eigenvalue weighted by molar-refractivity contribution is -0.0261. The lowest BCUT2D eigenvalue weighted by atomic mass is 10.1. The Kier molecular flexibility index (Phi) is 7.01. The number of rotatable bonds is 8. The molecule has 0 radical (unpaired) electrons. The first-order valence-electron chi connectivity index (χ1n) is 6.63. The van der Waals surface area contributed by atoms with Gasteiger partial charge in [-0.25, -0.2) is 0 Å². The van der Waals surface area contributed by atoms with Crippen LogP contribution in [0.5, 0.6) is 0 Å². The van der Waals surface area contributed by atoms with E-state index in [4.69, 9.17) is 9.47 Å². The van der Waals surface area contributed by atoms with Gasteiger partial charge in [-0.2, -0.15) is 0 Å². The van der Waals surface area contributed by atoms with E-state index in [9.17, 15) is 5.11 Å². The molecule has 3 nitrogen and oxygen atoms in total. The Balaban J connectivity index is 1.91. The molecule has 96 valence electrons. The molecule has 3 heteroatoms. The second kappa shape index (κ2) is 8.04. The van der Waals surface area contributed by atoms with Gasteiger partial charge >= 0.3 is 0 Å². The van der Waals surface area contributed by atoms with Gasteiger partial charge in [0.05, 0.1) is 19.3 Å². The van der Waals surface area contributed by atoms with Crippen molar-refractivity contribution in [2.75, 3.05) is 19.8 Å². The maximum Gasteiger partial charge on any atom is 0.107 e. The Bertz CT molecular complexity index is 173. The average molecular weight is 230 g/mol. The summed E-state index contributed by atoms with van der Waals surface area (Å²) < 4.78 is 11.0. The Hall–Kier alpha value is -0.120. The SMILES string of the molecule is CCCCCCCOCC1OCC(C)C1O. The summed E-state index contributed by atoms with van der Waals surface area (Å²) in [4.78, 5) is 0. The lowest BCUT2D eigenvalue weighted by Gasteiger charge is -2.15. The molecule has 0 spiro atoms. The van der Waals surface area contributed by atoms with Crippen molar-refractivity contribution in [1.82, 2.24) is 0 Å². The molecule has 0 aromatic rings. The molecule has 1 aliphatic heterocycles. The molecule has 0 aliphatic carbocycles. The van der Waals surface area contributed by atoms with Gasteiger partial charge in [-0.15, -0.1) is 0 Å². The summed E-state index contributed by atoms with van der Waals surface area (Å²) in [5.41, 5.74) is 0. The minimum Gasteiger partial charge on any atom is -0.390 e. The highest BCUT2D eigenvalue weighted by Gasteiger charge is 2.32. The van der Waals surface area contributed by atoms with Gasteiger partial charge in [-0.1, -0.05) is 39.5 Å². The quantitative estimate of drug-likeness (QED) is 0.651. The van der Waals surface area contributed by atoms with E-state index in [-0.39, 0.29) is 18.1 Å². The smallest absolute Gasteiger partial charge is 0.107 e. The first-order chi connectivity index (χ1) is 7.75. The van der Waals surface area contributed by atoms with Gasteiger partial charge in [-0.05, 0) is 6.42 Å². The molecular weight excluding hydrogens is 204 g/mol. The maximum absolute atomic E-state index is 9.73. The molecular formula is C13H26O3. The van der Waals surface area contributed by atoms with E-state index in [1.807, 2.05) is 6.92 Å². The van der Waals surface area contributed by atoms with Gasteiger partial charge in [0.1, 0.15) is 6.10 Å². The topological polar surface area (TPSA) is 38.7 Å². The molecule has 0 amide bonds. The van der Waals surface area contributed by atoms with Crippen molar-refractivity contribution in [1.29, 1.82) is 0 Å². The normalized spacial score (nSPS) is 29.8. The highest BCUT2D eigenvalue weighted by atomic mass is 16.5. The van der Waals surface area contributed by atoms with E-state index in [0.29, 0.717) is 13.2 Å². The summed E-state index contributed by atoms with van der Waals surface area (Å²) in [6, 6.07) is 0. The van der Waals surface area contributed by atoms with Gasteiger partial charge in [0.15, 0.2) is 0 Å². The second-order valence-corrected chi connectivity index (χ2v) is 4.83. The van der Waals surface area contributed by atoms with Crippen LogP contribution in [0.15, 0.2) is 0 Å². The number of ether oxygens (including phenoxy) is 2. The van der Waals surface area contributed by atoms with Crippen LogP contribution >= 0.6 is 0 Å². The first-order valence-corrected chi connectivity index (χ1v) is 6.63. The lowest BCUT2D eigenvalue weighted by Crippen LogP contribution is -2.29. The zero-order valence-electron chi connectivity index (χ0n) is 10.7. The third-order valence-electron chi connectivity index (χ3n) is 3.21. The molecule has 16 heavy (non-hydrogen) atoms. The molecule has 1 heterocycles. The number of unbranched alkanes of at least 4 members (excludes halogenated alkanes) is 4. The Morgan fingerprint density at radius 2 is 2.00 bits per heavy atom. The van der Waals surface area contributed by atoms with Crippen LogP contribution in [-0.4, -0.2) is 37.1 Å². The first kappa shape index (κ1) is 13.9. The van der Waals surface area contributed by atoms with Crippen molar-refractivity contribution in [3.05, 3.63) is 0 Å². The van der Waals surface area contributed by atoms with Crippen LogP contribution in [-0.2, 0) is 9.47 Å². The van der Waals surface area contributed by atoms with Crippen molar-refractivity contribution in [2.24, 2.45) is 5.92 Å². The van der Waals surface area contributed by atoms with Crippen molar-refractivity contribution in [2.45, 2.75) is 58.2 Å². The van der Waals surface area contributed by atoms with Gasteiger partial charge < -0.3 is 14.6 Å². The van der Waals surface area contributed by atoms with Crippen LogP contribution < -0.4 is 0 Å². The summed E-state index contributed by atoms with van der Waals surface area (Å²) in [6.45, 7) is 6.22. The molecule has 1 saturated heterocycles. The monoisotopic (exact) mass is 230 g/mol. The van der Waals surface area contributed by atoms with Gasteiger partial charge in [0.2, 0.25) is 0 Å². The maximum atomic E-state index is 9.73. The van der Waals surface area contributed by atoms with Gasteiger partial charge in [0.25, 0.3) is 0 Å². The predicted octanol–water partition coefficient (Wildman–Crippen LogP) is 2.37. The standard InChI is InChI=1S/C13H26O3/c1-3-4-5-6-7-8-15-10-12-13(14)11(2)9-16-12/h11-14H,3-10H2,1-2H3. The minimum absolute atomic E-state index is 0.106. The van der Waals surface area contributed by atoms with E-state index in [1.165, 1.54) is 25.7 Å². The van der Waals surface area contributed by atoms with Crippen molar-refractivity contribution in [3.8, 4) is 0 Å². The number of hydrogen-bond donors (Lipinski definition) is 1. The molecule has 0 saturated carbocycles. The molecule has 0 aromatic heterocycles. The van der Waals surface area contributed by atoms with E-state index in [0.717, 1.165) is 13.0 Å². The Labute approximate surface area is 99.1 Å². The minimum atomic E-state index is -0.347. The average Bonchev–Trinajstić information content (AvgIpc) is 2.59. The molecule has 3 unspecified atom stereocenters. The molecule has 3 atom stereocenters. The van der Waals surface area contributed by atoms with E-state index < -0.39 is 0 Å². The largest absolute Gasteiger partial charge is 0.390 e. The van der Waals surface area contributed by atoms with Crippen LogP contribution in [0.2, 0.25) is 0 Å². The fraction of sp³-hybridized carbons (Fsp3) is 1.00. The van der Waals surface area contributed by atoms with E-state index in [1.54, 1.807) is 0 Å². The molecule has 1 fully saturated rings. The summed E-state index contributed by atoms with van der Waals surface area (Å²) in [5, 5.41) is 9.73. The molecule has 1 rings (SSSR count). The van der Waals surface area contributed by atoms with Crippen LogP contribution in [0.25, 0.3) is 0 Å². The third-order valence-corrected chi connectivity index (χ3v) is 3.21. The Morgan fingerprint density at radius 1 is 1.25 bits per heavy atom. The summed E-state index contributed by atoms with van der Waals surface area (Å²) in [7, 11) is 0. The van der Waals surface area contributed by atoms with Crippen LogP contribution in [0.3, 0.4) is 0 Å². The number of aliphatic hydroxyl groups excluding tert-OH is 1. The van der Waals surface area contributed by atoms with Gasteiger partial charge in [-0.3, -0.25) is 0 Å². The van der Waals surface area contributed by atoms with Gasteiger partial charge in [0, 0.05) is 12.5 Å². The van der Waals surface area contributed by atoms with E-state index >= 15 is 0 Å². The van der Waals surface area contributed by atoms with Crippen molar-refractivity contribution >= 4 is 0 Å². The fourth-order valence-electron chi connectivity index (χ4n) is 1.99. The van der Waals surface area contributed by atoms with Crippen molar-refractivity contribution < 1.29 is 14.6 Å². The van der Waals surface area contributed by atoms with Crippen LogP contribution in [0.1, 0.15) is 46.0 Å². The summed E-state index contributed by atoms with van der Waals surface area (Å²) in [5.74, 6) is 0.248. The third kappa shape index (κ3) is 4.81. The zero-order chi connectivity index (χ0) is 11.8. The summed E-state index contributed by atoms with van der Waals surface area (Å²) in [6.07, 6.45) is 5.82. The zero-order valence-corrected chi connectivity index (χ0v) is 10.7. The predicted molar refractivity (Wildman–Crippen MR) is 64.5 cm³/mol. The molecule has 0 bridgehead atoms. The fourth-order valence-corrected chi connectivity index (χ4v) is 1.99. The highest BCUT2D eigenvalue weighted by Crippen LogP contribution is 2.19. The second-order valence-electron chi connectivity index (χ2n) is 4.83. The molecule has 1 aliphatic rings. The molecule has 1 N–H and O–H groups in total. The van der Waals surface area contributed by atoms with Crippen molar-refractivity contribution in [3.63, 3.8) is 0 Å².